The molecular weight excluding hydrogens is 194 g/mol. The van der Waals surface area contributed by atoms with Gasteiger partial charge in [0.1, 0.15) is 12.5 Å². The van der Waals surface area contributed by atoms with Crippen LogP contribution in [0.5, 0.6) is 0 Å². The molecule has 2 rings (SSSR count). The maximum atomic E-state index is 5.70. The molecule has 0 aliphatic carbocycles. The highest BCUT2D eigenvalue weighted by molar-refractivity contribution is 5.35. The highest BCUT2D eigenvalue weighted by atomic mass is 16.5. The van der Waals surface area contributed by atoms with Crippen molar-refractivity contribution in [1.29, 1.82) is 0 Å². The Hall–Kier alpha value is -1.07. The van der Waals surface area contributed by atoms with E-state index in [2.05, 4.69) is 5.10 Å². The summed E-state index contributed by atoms with van der Waals surface area (Å²) in [4.78, 5) is 0. The number of nitrogens with zero attached hydrogens (tertiary/aromatic N) is 2. The van der Waals surface area contributed by atoms with Crippen molar-refractivity contribution in [1.82, 2.24) is 9.78 Å². The smallest absolute Gasteiger partial charge is 0.148 e. The Balaban J connectivity index is 1.81. The number of rotatable bonds is 3. The number of ether oxygens (including phenoxy) is 2. The lowest BCUT2D eigenvalue weighted by atomic mass is 10.2. The van der Waals surface area contributed by atoms with Gasteiger partial charge in [0.2, 0.25) is 0 Å². The van der Waals surface area contributed by atoms with Gasteiger partial charge >= 0.3 is 0 Å². The van der Waals surface area contributed by atoms with E-state index in [-0.39, 0.29) is 0 Å². The lowest BCUT2D eigenvalue weighted by Gasteiger charge is -2.22. The fraction of sp³-hybridized carbons (Fsp3) is 0.700. The molecule has 1 aliphatic heterocycles. The summed E-state index contributed by atoms with van der Waals surface area (Å²) >= 11 is 0. The summed E-state index contributed by atoms with van der Waals surface area (Å²) in [6.07, 6.45) is 4.13. The topological polar surface area (TPSA) is 62.3 Å². The maximum absolute atomic E-state index is 5.70. The second-order valence-corrected chi connectivity index (χ2v) is 3.84. The zero-order chi connectivity index (χ0) is 10.7. The van der Waals surface area contributed by atoms with Crippen molar-refractivity contribution in [2.45, 2.75) is 32.6 Å². The molecule has 0 spiro atoms. The molecule has 0 saturated carbocycles. The number of anilines is 1. The predicted octanol–water partition coefficient (Wildman–Crippen LogP) is 0.927. The monoisotopic (exact) mass is 211 g/mol. The molecule has 0 amide bonds. The first-order chi connectivity index (χ1) is 7.25. The number of aromatic nitrogens is 2. The molecule has 1 saturated heterocycles. The molecule has 2 N–H and O–H groups in total. The van der Waals surface area contributed by atoms with Gasteiger partial charge in [-0.1, -0.05) is 0 Å². The number of aryl methyl sites for hydroxylation is 1. The molecule has 5 nitrogen and oxygen atoms in total. The van der Waals surface area contributed by atoms with E-state index in [0.29, 0.717) is 18.7 Å². The summed E-state index contributed by atoms with van der Waals surface area (Å²) in [7, 11) is 0. The van der Waals surface area contributed by atoms with Crippen LogP contribution in [0, 0.1) is 6.92 Å². The minimum Gasteiger partial charge on any atom is -0.382 e. The zero-order valence-electron chi connectivity index (χ0n) is 8.98. The Bertz CT molecular complexity index is 299. The second-order valence-electron chi connectivity index (χ2n) is 3.84. The van der Waals surface area contributed by atoms with E-state index in [1.54, 1.807) is 4.68 Å². The first kappa shape index (κ1) is 10.4. The van der Waals surface area contributed by atoms with Crippen molar-refractivity contribution < 1.29 is 9.47 Å². The minimum absolute atomic E-state index is 0.296. The van der Waals surface area contributed by atoms with Crippen LogP contribution in [0.1, 0.15) is 18.4 Å². The summed E-state index contributed by atoms with van der Waals surface area (Å²) in [5, 5.41) is 4.13. The van der Waals surface area contributed by atoms with Crippen molar-refractivity contribution in [3.05, 3.63) is 11.8 Å². The Morgan fingerprint density at radius 1 is 1.60 bits per heavy atom. The van der Waals surface area contributed by atoms with Crippen molar-refractivity contribution in [2.24, 2.45) is 0 Å². The first-order valence-electron chi connectivity index (χ1n) is 5.24. The van der Waals surface area contributed by atoms with Crippen molar-refractivity contribution in [3.63, 3.8) is 0 Å². The fourth-order valence-electron chi connectivity index (χ4n) is 1.63. The van der Waals surface area contributed by atoms with Gasteiger partial charge < -0.3 is 15.2 Å². The highest BCUT2D eigenvalue weighted by Gasteiger charge is 2.14. The zero-order valence-corrected chi connectivity index (χ0v) is 8.98. The van der Waals surface area contributed by atoms with Crippen molar-refractivity contribution >= 4 is 5.82 Å². The summed E-state index contributed by atoms with van der Waals surface area (Å²) in [5.41, 5.74) is 6.63. The molecule has 0 unspecified atom stereocenters. The number of nitrogens with two attached hydrogens (primary N) is 1. The molecule has 0 atom stereocenters. The van der Waals surface area contributed by atoms with Crippen LogP contribution in [0.15, 0.2) is 6.20 Å². The Kier molecular flexibility index (Phi) is 3.23. The van der Waals surface area contributed by atoms with Crippen LogP contribution in [0.4, 0.5) is 5.82 Å². The molecule has 15 heavy (non-hydrogen) atoms. The van der Waals surface area contributed by atoms with Crippen LogP contribution in [0.2, 0.25) is 0 Å². The molecule has 0 radical (unpaired) electrons. The van der Waals surface area contributed by atoms with E-state index in [0.717, 1.165) is 31.6 Å². The molecule has 1 aromatic heterocycles. The summed E-state index contributed by atoms with van der Waals surface area (Å²) in [5.74, 6) is 0.575. The fourth-order valence-corrected chi connectivity index (χ4v) is 1.63. The maximum Gasteiger partial charge on any atom is 0.148 e. The van der Waals surface area contributed by atoms with Crippen LogP contribution in [0.25, 0.3) is 0 Å². The molecule has 0 bridgehead atoms. The third-order valence-corrected chi connectivity index (χ3v) is 2.59. The van der Waals surface area contributed by atoms with E-state index < -0.39 is 0 Å². The largest absolute Gasteiger partial charge is 0.382 e. The van der Waals surface area contributed by atoms with Crippen molar-refractivity contribution in [2.75, 3.05) is 18.9 Å². The van der Waals surface area contributed by atoms with Crippen LogP contribution in [-0.2, 0) is 16.2 Å². The molecule has 1 aliphatic rings. The SMILES string of the molecule is Cc1cn(COC2CCOCC2)nc1N. The molecule has 1 fully saturated rings. The lowest BCUT2D eigenvalue weighted by molar-refractivity contribution is -0.0599. The van der Waals surface area contributed by atoms with Gasteiger partial charge in [-0.05, 0) is 19.8 Å². The van der Waals surface area contributed by atoms with E-state index in [1.165, 1.54) is 0 Å². The van der Waals surface area contributed by atoms with E-state index in [4.69, 9.17) is 15.2 Å². The van der Waals surface area contributed by atoms with E-state index in [1.807, 2.05) is 13.1 Å². The molecule has 0 aromatic carbocycles. The third kappa shape index (κ3) is 2.70. The second kappa shape index (κ2) is 4.63. The third-order valence-electron chi connectivity index (χ3n) is 2.59. The predicted molar refractivity (Wildman–Crippen MR) is 56.3 cm³/mol. The number of hydrogen-bond donors (Lipinski definition) is 1. The van der Waals surface area contributed by atoms with Gasteiger partial charge in [-0.3, -0.25) is 0 Å². The Labute approximate surface area is 89.2 Å². The Morgan fingerprint density at radius 3 is 2.93 bits per heavy atom. The molecule has 1 aromatic rings. The van der Waals surface area contributed by atoms with Gasteiger partial charge in [0.25, 0.3) is 0 Å². The summed E-state index contributed by atoms with van der Waals surface area (Å²) in [6, 6.07) is 0. The standard InChI is InChI=1S/C10H17N3O2/c1-8-6-13(12-10(8)11)7-15-9-2-4-14-5-3-9/h6,9H,2-5,7H2,1H3,(H2,11,12). The first-order valence-corrected chi connectivity index (χ1v) is 5.24. The van der Waals surface area contributed by atoms with Gasteiger partial charge in [-0.25, -0.2) is 4.68 Å². The highest BCUT2D eigenvalue weighted by Crippen LogP contribution is 2.12. The normalized spacial score (nSPS) is 18.2. The molecular formula is C10H17N3O2. The van der Waals surface area contributed by atoms with Gasteiger partial charge in [0.15, 0.2) is 0 Å². The van der Waals surface area contributed by atoms with Crippen LogP contribution >= 0.6 is 0 Å². The average Bonchev–Trinajstić information content (AvgIpc) is 2.57. The summed E-state index contributed by atoms with van der Waals surface area (Å²) in [6.45, 7) is 4.01. The quantitative estimate of drug-likeness (QED) is 0.807. The van der Waals surface area contributed by atoms with Crippen LogP contribution in [-0.4, -0.2) is 29.1 Å². The Morgan fingerprint density at radius 2 is 2.33 bits per heavy atom. The van der Waals surface area contributed by atoms with Crippen LogP contribution < -0.4 is 5.73 Å². The number of nitrogen functional groups attached to an aromatic ring is 1. The van der Waals surface area contributed by atoms with E-state index >= 15 is 0 Å². The minimum atomic E-state index is 0.296. The van der Waals surface area contributed by atoms with Gasteiger partial charge in [0, 0.05) is 25.0 Å². The van der Waals surface area contributed by atoms with Gasteiger partial charge in [-0.15, -0.1) is 0 Å². The molecule has 5 heteroatoms. The summed E-state index contributed by atoms with van der Waals surface area (Å²) < 4.78 is 12.7. The molecule has 2 heterocycles. The average molecular weight is 211 g/mol. The van der Waals surface area contributed by atoms with Crippen LogP contribution in [0.3, 0.4) is 0 Å². The van der Waals surface area contributed by atoms with Gasteiger partial charge in [0.05, 0.1) is 6.10 Å². The lowest BCUT2D eigenvalue weighted by Crippen LogP contribution is -2.24. The van der Waals surface area contributed by atoms with E-state index in [9.17, 15) is 0 Å². The van der Waals surface area contributed by atoms with Crippen molar-refractivity contribution in [3.8, 4) is 0 Å². The number of hydrogen-bond acceptors (Lipinski definition) is 4. The molecule has 84 valence electrons. The van der Waals surface area contributed by atoms with Gasteiger partial charge in [-0.2, -0.15) is 5.10 Å².